The molecule has 1 aromatic heterocycles. The SMILES string of the molecule is CCOC1CC(NC(=NC)NCCCn2nc(C)cc2C)C12CCC2.I. The van der Waals surface area contributed by atoms with E-state index in [0.717, 1.165) is 44.2 Å². The second kappa shape index (κ2) is 9.39. The van der Waals surface area contributed by atoms with Gasteiger partial charge in [0.15, 0.2) is 5.96 Å². The first-order valence-electron chi connectivity index (χ1n) is 9.69. The smallest absolute Gasteiger partial charge is 0.191 e. The number of guanidine groups is 1. The maximum atomic E-state index is 5.93. The van der Waals surface area contributed by atoms with Crippen LogP contribution in [0.4, 0.5) is 0 Å². The van der Waals surface area contributed by atoms with Crippen molar-refractivity contribution < 1.29 is 4.74 Å². The topological polar surface area (TPSA) is 63.5 Å². The summed E-state index contributed by atoms with van der Waals surface area (Å²) in [6.45, 7) is 8.89. The van der Waals surface area contributed by atoms with E-state index in [4.69, 9.17) is 4.74 Å². The summed E-state index contributed by atoms with van der Waals surface area (Å²) >= 11 is 0. The number of halogens is 1. The molecular formula is C19H34IN5O. The first kappa shape index (κ1) is 21.5. The highest BCUT2D eigenvalue weighted by Crippen LogP contribution is 2.57. The molecule has 0 saturated heterocycles. The van der Waals surface area contributed by atoms with Gasteiger partial charge in [0.2, 0.25) is 0 Å². The summed E-state index contributed by atoms with van der Waals surface area (Å²) in [5, 5.41) is 11.6. The Bertz CT molecular complexity index is 611. The Morgan fingerprint density at radius 2 is 2.19 bits per heavy atom. The van der Waals surface area contributed by atoms with Crippen LogP contribution in [0.25, 0.3) is 0 Å². The predicted molar refractivity (Wildman–Crippen MR) is 116 cm³/mol. The Balaban J connectivity index is 0.00000243. The van der Waals surface area contributed by atoms with Gasteiger partial charge < -0.3 is 15.4 Å². The Morgan fingerprint density at radius 3 is 2.73 bits per heavy atom. The monoisotopic (exact) mass is 475 g/mol. The van der Waals surface area contributed by atoms with Crippen molar-refractivity contribution in [3.63, 3.8) is 0 Å². The lowest BCUT2D eigenvalue weighted by Crippen LogP contribution is -2.68. The molecule has 7 heteroatoms. The zero-order valence-electron chi connectivity index (χ0n) is 16.5. The van der Waals surface area contributed by atoms with Crippen LogP contribution >= 0.6 is 24.0 Å². The van der Waals surface area contributed by atoms with Gasteiger partial charge in [-0.05, 0) is 52.5 Å². The first-order valence-corrected chi connectivity index (χ1v) is 9.69. The zero-order chi connectivity index (χ0) is 17.9. The van der Waals surface area contributed by atoms with Crippen LogP contribution in [0.2, 0.25) is 0 Å². The average Bonchev–Trinajstić information content (AvgIpc) is 2.84. The highest BCUT2D eigenvalue weighted by Gasteiger charge is 2.59. The van der Waals surface area contributed by atoms with Crippen molar-refractivity contribution in [3.8, 4) is 0 Å². The van der Waals surface area contributed by atoms with E-state index in [0.29, 0.717) is 17.6 Å². The molecule has 0 aromatic carbocycles. The minimum absolute atomic E-state index is 0. The second-order valence-corrected chi connectivity index (χ2v) is 7.47. The molecule has 0 aliphatic heterocycles. The third-order valence-corrected chi connectivity index (χ3v) is 5.91. The van der Waals surface area contributed by atoms with Crippen LogP contribution in [-0.4, -0.2) is 48.1 Å². The molecule has 0 amide bonds. The fourth-order valence-electron chi connectivity index (χ4n) is 4.34. The Hall–Kier alpha value is -0.830. The van der Waals surface area contributed by atoms with Crippen LogP contribution in [0, 0.1) is 19.3 Å². The Kier molecular flexibility index (Phi) is 7.76. The van der Waals surface area contributed by atoms with E-state index >= 15 is 0 Å². The number of hydrogen-bond acceptors (Lipinski definition) is 3. The Morgan fingerprint density at radius 1 is 1.42 bits per heavy atom. The summed E-state index contributed by atoms with van der Waals surface area (Å²) in [4.78, 5) is 4.40. The maximum Gasteiger partial charge on any atom is 0.191 e. The molecule has 0 bridgehead atoms. The van der Waals surface area contributed by atoms with Crippen LogP contribution in [0.3, 0.4) is 0 Å². The molecule has 6 nitrogen and oxygen atoms in total. The van der Waals surface area contributed by atoms with Gasteiger partial charge in [-0.3, -0.25) is 9.67 Å². The second-order valence-electron chi connectivity index (χ2n) is 7.47. The molecule has 2 aliphatic rings. The highest BCUT2D eigenvalue weighted by molar-refractivity contribution is 14.0. The van der Waals surface area contributed by atoms with E-state index in [9.17, 15) is 0 Å². The van der Waals surface area contributed by atoms with Crippen molar-refractivity contribution in [2.75, 3.05) is 20.2 Å². The van der Waals surface area contributed by atoms with Crippen molar-refractivity contribution in [1.29, 1.82) is 0 Å². The normalized spacial score (nSPS) is 23.8. The molecule has 2 atom stereocenters. The zero-order valence-corrected chi connectivity index (χ0v) is 18.9. The van der Waals surface area contributed by atoms with Gasteiger partial charge in [-0.25, -0.2) is 0 Å². The lowest BCUT2D eigenvalue weighted by molar-refractivity contribution is -0.168. The van der Waals surface area contributed by atoms with Gasteiger partial charge in [-0.15, -0.1) is 24.0 Å². The molecule has 26 heavy (non-hydrogen) atoms. The van der Waals surface area contributed by atoms with E-state index < -0.39 is 0 Å². The number of aliphatic imine (C=N–C) groups is 1. The van der Waals surface area contributed by atoms with Crippen LogP contribution in [0.5, 0.6) is 0 Å². The molecule has 2 saturated carbocycles. The molecular weight excluding hydrogens is 441 g/mol. The highest BCUT2D eigenvalue weighted by atomic mass is 127. The van der Waals surface area contributed by atoms with Crippen LogP contribution in [0.15, 0.2) is 11.1 Å². The largest absolute Gasteiger partial charge is 0.378 e. The number of nitrogens with zero attached hydrogens (tertiary/aromatic N) is 3. The number of ether oxygens (including phenoxy) is 1. The summed E-state index contributed by atoms with van der Waals surface area (Å²) in [5.74, 6) is 0.916. The third-order valence-electron chi connectivity index (χ3n) is 5.91. The molecule has 1 spiro atoms. The van der Waals surface area contributed by atoms with Gasteiger partial charge in [-0.1, -0.05) is 6.42 Å². The molecule has 1 heterocycles. The van der Waals surface area contributed by atoms with Gasteiger partial charge in [-0.2, -0.15) is 5.10 Å². The van der Waals surface area contributed by atoms with Gasteiger partial charge in [0.1, 0.15) is 0 Å². The van der Waals surface area contributed by atoms with Crippen molar-refractivity contribution in [2.45, 2.75) is 71.6 Å². The molecule has 2 fully saturated rings. The fourth-order valence-corrected chi connectivity index (χ4v) is 4.34. The van der Waals surface area contributed by atoms with Gasteiger partial charge in [0, 0.05) is 43.9 Å². The molecule has 0 radical (unpaired) electrons. The number of hydrogen-bond donors (Lipinski definition) is 2. The summed E-state index contributed by atoms with van der Waals surface area (Å²) in [5.41, 5.74) is 2.67. The van der Waals surface area contributed by atoms with Crippen LogP contribution in [0.1, 0.15) is 50.4 Å². The summed E-state index contributed by atoms with van der Waals surface area (Å²) < 4.78 is 8.01. The standard InChI is InChI=1S/C19H33N5O.HI/c1-5-25-17-13-16(19(17)8-6-9-19)22-18(20-4)21-10-7-11-24-15(3)12-14(2)23-24;/h12,16-17H,5-11,13H2,1-4H3,(H2,20,21,22);1H. The average molecular weight is 475 g/mol. The lowest BCUT2D eigenvalue weighted by atomic mass is 9.51. The summed E-state index contributed by atoms with van der Waals surface area (Å²) in [6.07, 6.45) is 6.46. The first-order chi connectivity index (χ1) is 12.1. The van der Waals surface area contributed by atoms with E-state index in [1.807, 2.05) is 14.0 Å². The number of aromatic nitrogens is 2. The molecule has 2 aliphatic carbocycles. The van der Waals surface area contributed by atoms with Gasteiger partial charge >= 0.3 is 0 Å². The molecule has 2 unspecified atom stereocenters. The number of rotatable bonds is 7. The fraction of sp³-hybridized carbons (Fsp3) is 0.789. The Labute approximate surface area is 174 Å². The molecule has 3 rings (SSSR count). The number of aryl methyl sites for hydroxylation is 3. The lowest BCUT2D eigenvalue weighted by Gasteiger charge is -2.61. The van der Waals surface area contributed by atoms with Crippen molar-refractivity contribution in [1.82, 2.24) is 20.4 Å². The minimum Gasteiger partial charge on any atom is -0.378 e. The summed E-state index contributed by atoms with van der Waals surface area (Å²) in [7, 11) is 1.85. The van der Waals surface area contributed by atoms with Gasteiger partial charge in [0.25, 0.3) is 0 Å². The third kappa shape index (κ3) is 4.35. The predicted octanol–water partition coefficient (Wildman–Crippen LogP) is 3.02. The summed E-state index contributed by atoms with van der Waals surface area (Å²) in [6, 6.07) is 2.62. The number of nitrogens with one attached hydrogen (secondary N) is 2. The van der Waals surface area contributed by atoms with E-state index in [2.05, 4.69) is 45.3 Å². The minimum atomic E-state index is 0. The molecule has 1 aromatic rings. The maximum absolute atomic E-state index is 5.93. The van der Waals surface area contributed by atoms with Crippen molar-refractivity contribution in [2.24, 2.45) is 10.4 Å². The van der Waals surface area contributed by atoms with Crippen LogP contribution < -0.4 is 10.6 Å². The van der Waals surface area contributed by atoms with E-state index in [-0.39, 0.29) is 24.0 Å². The van der Waals surface area contributed by atoms with Gasteiger partial charge in [0.05, 0.1) is 11.8 Å². The van der Waals surface area contributed by atoms with Crippen molar-refractivity contribution in [3.05, 3.63) is 17.5 Å². The van der Waals surface area contributed by atoms with Crippen LogP contribution in [-0.2, 0) is 11.3 Å². The van der Waals surface area contributed by atoms with E-state index in [1.165, 1.54) is 25.0 Å². The van der Waals surface area contributed by atoms with E-state index in [1.54, 1.807) is 0 Å². The molecule has 2 N–H and O–H groups in total. The quantitative estimate of drug-likeness (QED) is 0.276. The van der Waals surface area contributed by atoms with Crippen molar-refractivity contribution >= 4 is 29.9 Å². The molecule has 148 valence electrons.